The van der Waals surface area contributed by atoms with E-state index in [0.29, 0.717) is 5.02 Å². The SMILES string of the molecule is COc1ccc(-c2nc(SC)ncc2-c2ccc(Cl)cc2)cc1. The minimum absolute atomic E-state index is 0.710. The number of methoxy groups -OCH3 is 1. The quantitative estimate of drug-likeness (QED) is 0.482. The molecular formula is C18H15ClN2OS. The highest BCUT2D eigenvalue weighted by molar-refractivity contribution is 7.98. The van der Waals surface area contributed by atoms with Gasteiger partial charge in [0.15, 0.2) is 5.16 Å². The number of hydrogen-bond acceptors (Lipinski definition) is 4. The van der Waals surface area contributed by atoms with Gasteiger partial charge < -0.3 is 4.74 Å². The number of hydrogen-bond donors (Lipinski definition) is 0. The number of rotatable bonds is 4. The van der Waals surface area contributed by atoms with Gasteiger partial charge in [-0.05, 0) is 48.2 Å². The average molecular weight is 343 g/mol. The van der Waals surface area contributed by atoms with Gasteiger partial charge in [-0.1, -0.05) is 35.5 Å². The molecule has 0 amide bonds. The minimum atomic E-state index is 0.710. The van der Waals surface area contributed by atoms with E-state index in [4.69, 9.17) is 21.3 Å². The molecule has 3 nitrogen and oxygen atoms in total. The number of halogens is 1. The number of thioether (sulfide) groups is 1. The third-order valence-electron chi connectivity index (χ3n) is 3.47. The molecule has 116 valence electrons. The monoisotopic (exact) mass is 342 g/mol. The lowest BCUT2D eigenvalue weighted by molar-refractivity contribution is 0.415. The summed E-state index contributed by atoms with van der Waals surface area (Å²) in [6.45, 7) is 0. The number of benzene rings is 2. The molecule has 1 heterocycles. The fraction of sp³-hybridized carbons (Fsp3) is 0.111. The molecule has 0 bridgehead atoms. The average Bonchev–Trinajstić information content (AvgIpc) is 2.62. The van der Waals surface area contributed by atoms with Crippen molar-refractivity contribution in [3.05, 3.63) is 59.8 Å². The molecule has 23 heavy (non-hydrogen) atoms. The number of aromatic nitrogens is 2. The molecule has 0 unspecified atom stereocenters. The summed E-state index contributed by atoms with van der Waals surface area (Å²) in [5.74, 6) is 0.820. The van der Waals surface area contributed by atoms with Gasteiger partial charge in [-0.3, -0.25) is 0 Å². The number of ether oxygens (including phenoxy) is 1. The first-order chi connectivity index (χ1) is 11.2. The fourth-order valence-electron chi connectivity index (χ4n) is 2.27. The highest BCUT2D eigenvalue weighted by atomic mass is 35.5. The molecule has 0 atom stereocenters. The molecule has 0 aliphatic rings. The molecule has 1 aromatic heterocycles. The van der Waals surface area contributed by atoms with Crippen molar-refractivity contribution >= 4 is 23.4 Å². The summed E-state index contributed by atoms with van der Waals surface area (Å²) >= 11 is 7.51. The predicted octanol–water partition coefficient (Wildman–Crippen LogP) is 5.19. The van der Waals surface area contributed by atoms with Gasteiger partial charge in [0.25, 0.3) is 0 Å². The molecule has 0 saturated carbocycles. The van der Waals surface area contributed by atoms with E-state index in [9.17, 15) is 0 Å². The highest BCUT2D eigenvalue weighted by Gasteiger charge is 2.11. The van der Waals surface area contributed by atoms with E-state index in [-0.39, 0.29) is 0 Å². The fourth-order valence-corrected chi connectivity index (χ4v) is 2.74. The van der Waals surface area contributed by atoms with Crippen molar-refractivity contribution in [2.24, 2.45) is 0 Å². The van der Waals surface area contributed by atoms with Crippen LogP contribution in [0.25, 0.3) is 22.4 Å². The summed E-state index contributed by atoms with van der Waals surface area (Å²) in [4.78, 5) is 9.10. The van der Waals surface area contributed by atoms with Crippen molar-refractivity contribution in [1.82, 2.24) is 9.97 Å². The lowest BCUT2D eigenvalue weighted by Gasteiger charge is -2.11. The normalized spacial score (nSPS) is 10.6. The van der Waals surface area contributed by atoms with Crippen molar-refractivity contribution in [3.8, 4) is 28.1 Å². The Labute approximate surface area is 144 Å². The molecule has 0 saturated heterocycles. The van der Waals surface area contributed by atoms with E-state index >= 15 is 0 Å². The first kappa shape index (κ1) is 15.8. The van der Waals surface area contributed by atoms with E-state index in [1.807, 2.05) is 61.0 Å². The van der Waals surface area contributed by atoms with Crippen molar-refractivity contribution in [1.29, 1.82) is 0 Å². The second kappa shape index (κ2) is 7.02. The number of nitrogens with zero attached hydrogens (tertiary/aromatic N) is 2. The second-order valence-corrected chi connectivity index (χ2v) is 6.06. The lowest BCUT2D eigenvalue weighted by atomic mass is 10.0. The van der Waals surface area contributed by atoms with Crippen LogP contribution in [0.5, 0.6) is 5.75 Å². The maximum Gasteiger partial charge on any atom is 0.187 e. The largest absolute Gasteiger partial charge is 0.497 e. The molecule has 0 fully saturated rings. The van der Waals surface area contributed by atoms with Gasteiger partial charge >= 0.3 is 0 Å². The Kier molecular flexibility index (Phi) is 4.84. The third-order valence-corrected chi connectivity index (χ3v) is 4.28. The van der Waals surface area contributed by atoms with Crippen molar-refractivity contribution in [2.75, 3.05) is 13.4 Å². The van der Waals surface area contributed by atoms with Crippen molar-refractivity contribution in [2.45, 2.75) is 5.16 Å². The molecule has 0 aliphatic heterocycles. The van der Waals surface area contributed by atoms with Crippen LogP contribution in [0.2, 0.25) is 5.02 Å². The van der Waals surface area contributed by atoms with E-state index in [0.717, 1.165) is 33.3 Å². The predicted molar refractivity (Wildman–Crippen MR) is 96.2 cm³/mol. The van der Waals surface area contributed by atoms with Gasteiger partial charge in [0.05, 0.1) is 12.8 Å². The molecule has 3 aromatic rings. The van der Waals surface area contributed by atoms with E-state index in [2.05, 4.69) is 4.98 Å². The first-order valence-electron chi connectivity index (χ1n) is 7.02. The Bertz CT molecular complexity index is 804. The maximum absolute atomic E-state index is 5.99. The van der Waals surface area contributed by atoms with E-state index < -0.39 is 0 Å². The van der Waals surface area contributed by atoms with Crippen LogP contribution < -0.4 is 4.74 Å². The van der Waals surface area contributed by atoms with Gasteiger partial charge in [-0.2, -0.15) is 0 Å². The topological polar surface area (TPSA) is 35.0 Å². The van der Waals surface area contributed by atoms with Gasteiger partial charge in [0.2, 0.25) is 0 Å². The van der Waals surface area contributed by atoms with Crippen LogP contribution in [0.1, 0.15) is 0 Å². The van der Waals surface area contributed by atoms with Crippen molar-refractivity contribution < 1.29 is 4.74 Å². The van der Waals surface area contributed by atoms with Gasteiger partial charge in [-0.15, -0.1) is 0 Å². The highest BCUT2D eigenvalue weighted by Crippen LogP contribution is 2.32. The summed E-state index contributed by atoms with van der Waals surface area (Å²) in [6.07, 6.45) is 3.83. The summed E-state index contributed by atoms with van der Waals surface area (Å²) in [6, 6.07) is 15.6. The van der Waals surface area contributed by atoms with Gasteiger partial charge in [0.1, 0.15) is 5.75 Å². The Morgan fingerprint density at radius 1 is 0.957 bits per heavy atom. The molecule has 5 heteroatoms. The van der Waals surface area contributed by atoms with E-state index in [1.54, 1.807) is 7.11 Å². The molecule has 0 N–H and O–H groups in total. The van der Waals surface area contributed by atoms with Crippen LogP contribution in [-0.2, 0) is 0 Å². The lowest BCUT2D eigenvalue weighted by Crippen LogP contribution is -1.94. The summed E-state index contributed by atoms with van der Waals surface area (Å²) in [7, 11) is 1.66. The van der Waals surface area contributed by atoms with E-state index in [1.165, 1.54) is 11.8 Å². The Hall–Kier alpha value is -2.04. The van der Waals surface area contributed by atoms with Crippen LogP contribution in [0.4, 0.5) is 0 Å². The third kappa shape index (κ3) is 3.49. The van der Waals surface area contributed by atoms with Crippen LogP contribution in [0, 0.1) is 0 Å². The second-order valence-electron chi connectivity index (χ2n) is 4.85. The van der Waals surface area contributed by atoms with Crippen molar-refractivity contribution in [3.63, 3.8) is 0 Å². The zero-order valence-electron chi connectivity index (χ0n) is 12.8. The summed E-state index contributed by atoms with van der Waals surface area (Å²) in [5.41, 5.74) is 3.93. The molecular weight excluding hydrogens is 328 g/mol. The Balaban J connectivity index is 2.13. The van der Waals surface area contributed by atoms with Gasteiger partial charge in [-0.25, -0.2) is 9.97 Å². The minimum Gasteiger partial charge on any atom is -0.497 e. The molecule has 2 aromatic carbocycles. The standard InChI is InChI=1S/C18H15ClN2OS/c1-22-15-9-5-13(6-10-15)17-16(11-20-18(21-17)23-2)12-3-7-14(19)8-4-12/h3-11H,1-2H3. The van der Waals surface area contributed by atoms with Crippen LogP contribution >= 0.6 is 23.4 Å². The first-order valence-corrected chi connectivity index (χ1v) is 8.63. The summed E-state index contributed by atoms with van der Waals surface area (Å²) in [5, 5.41) is 1.45. The molecule has 0 aliphatic carbocycles. The zero-order valence-corrected chi connectivity index (χ0v) is 14.4. The smallest absolute Gasteiger partial charge is 0.187 e. The Morgan fingerprint density at radius 2 is 1.61 bits per heavy atom. The maximum atomic E-state index is 5.99. The summed E-state index contributed by atoms with van der Waals surface area (Å²) < 4.78 is 5.23. The molecule has 0 radical (unpaired) electrons. The van der Waals surface area contributed by atoms with Gasteiger partial charge in [0, 0.05) is 22.3 Å². The molecule has 0 spiro atoms. The zero-order chi connectivity index (χ0) is 16.2. The van der Waals surface area contributed by atoms with Crippen LogP contribution in [0.3, 0.4) is 0 Å². The Morgan fingerprint density at radius 3 is 2.22 bits per heavy atom. The van der Waals surface area contributed by atoms with Crippen LogP contribution in [-0.4, -0.2) is 23.3 Å². The molecule has 3 rings (SSSR count). The van der Waals surface area contributed by atoms with Crippen LogP contribution in [0.15, 0.2) is 59.9 Å².